The van der Waals surface area contributed by atoms with Crippen LogP contribution in [0.2, 0.25) is 0 Å². The smallest absolute Gasteiger partial charge is 0.0946 e. The number of aromatic nitrogens is 2. The predicted octanol–water partition coefficient (Wildman–Crippen LogP) is 2.61. The fraction of sp³-hybridized carbons (Fsp3) is 0.615. The molecule has 0 aliphatic heterocycles. The zero-order valence-electron chi connectivity index (χ0n) is 10.2. The van der Waals surface area contributed by atoms with Gasteiger partial charge in [-0.15, -0.1) is 6.58 Å². The van der Waals surface area contributed by atoms with Crippen LogP contribution in [0.25, 0.3) is 0 Å². The van der Waals surface area contributed by atoms with Crippen molar-refractivity contribution in [1.82, 2.24) is 14.9 Å². The van der Waals surface area contributed by atoms with Crippen LogP contribution >= 0.6 is 0 Å². The normalized spacial score (nSPS) is 12.6. The van der Waals surface area contributed by atoms with E-state index in [-0.39, 0.29) is 0 Å². The minimum absolute atomic E-state index is 0.508. The Morgan fingerprint density at radius 1 is 1.44 bits per heavy atom. The highest BCUT2D eigenvalue weighted by molar-refractivity contribution is 4.76. The first-order chi connectivity index (χ1) is 7.83. The Morgan fingerprint density at radius 3 is 3.00 bits per heavy atom. The van der Waals surface area contributed by atoms with E-state index in [4.69, 9.17) is 0 Å². The summed E-state index contributed by atoms with van der Waals surface area (Å²) < 4.78 is 2.11. The van der Waals surface area contributed by atoms with E-state index in [1.54, 1.807) is 0 Å². The van der Waals surface area contributed by atoms with Crippen LogP contribution in [0, 0.1) is 0 Å². The van der Waals surface area contributed by atoms with Gasteiger partial charge in [0.2, 0.25) is 0 Å². The fourth-order valence-corrected chi connectivity index (χ4v) is 1.71. The van der Waals surface area contributed by atoms with Gasteiger partial charge in [0, 0.05) is 25.0 Å². The van der Waals surface area contributed by atoms with Crippen molar-refractivity contribution < 1.29 is 0 Å². The molecular formula is C13H23N3. The lowest BCUT2D eigenvalue weighted by atomic mass is 10.2. The van der Waals surface area contributed by atoms with Gasteiger partial charge in [-0.2, -0.15) is 0 Å². The molecule has 1 heterocycles. The molecule has 3 nitrogen and oxygen atoms in total. The molecule has 0 aromatic carbocycles. The number of hydrogen-bond donors (Lipinski definition) is 1. The molecule has 1 N–H and O–H groups in total. The fourth-order valence-electron chi connectivity index (χ4n) is 1.71. The third-order valence-corrected chi connectivity index (χ3v) is 2.62. The van der Waals surface area contributed by atoms with Crippen LogP contribution in [0.5, 0.6) is 0 Å². The van der Waals surface area contributed by atoms with Crippen molar-refractivity contribution in [2.24, 2.45) is 0 Å². The molecular weight excluding hydrogens is 198 g/mol. The lowest BCUT2D eigenvalue weighted by Crippen LogP contribution is -2.30. The zero-order valence-corrected chi connectivity index (χ0v) is 10.2. The van der Waals surface area contributed by atoms with Crippen LogP contribution in [-0.4, -0.2) is 22.1 Å². The topological polar surface area (TPSA) is 29.9 Å². The molecule has 1 atom stereocenters. The third-order valence-electron chi connectivity index (χ3n) is 2.62. The summed E-state index contributed by atoms with van der Waals surface area (Å²) in [5.41, 5.74) is 0. The van der Waals surface area contributed by atoms with Crippen LogP contribution in [0.15, 0.2) is 31.4 Å². The first-order valence-corrected chi connectivity index (χ1v) is 6.13. The van der Waals surface area contributed by atoms with E-state index in [9.17, 15) is 0 Å². The number of nitrogens with one attached hydrogen (secondary N) is 1. The first-order valence-electron chi connectivity index (χ1n) is 6.13. The highest BCUT2D eigenvalue weighted by Crippen LogP contribution is 1.99. The van der Waals surface area contributed by atoms with E-state index in [1.807, 2.05) is 24.8 Å². The molecule has 1 aromatic rings. The molecule has 1 rings (SSSR count). The number of unbranched alkanes of at least 4 members (excludes halogenated alkanes) is 3. The molecule has 1 unspecified atom stereocenters. The van der Waals surface area contributed by atoms with Gasteiger partial charge in [-0.1, -0.05) is 12.5 Å². The quantitative estimate of drug-likeness (QED) is 0.513. The van der Waals surface area contributed by atoms with Crippen LogP contribution in [0.4, 0.5) is 0 Å². The molecule has 0 fully saturated rings. The molecule has 0 spiro atoms. The molecule has 0 saturated heterocycles. The number of imidazole rings is 1. The summed E-state index contributed by atoms with van der Waals surface area (Å²) >= 11 is 0. The van der Waals surface area contributed by atoms with E-state index >= 15 is 0 Å². The molecule has 0 amide bonds. The lowest BCUT2D eigenvalue weighted by molar-refractivity contribution is 0.465. The minimum atomic E-state index is 0.508. The Kier molecular flexibility index (Phi) is 6.58. The molecule has 0 saturated carbocycles. The molecule has 0 radical (unpaired) electrons. The molecule has 0 bridgehead atoms. The zero-order chi connectivity index (χ0) is 11.6. The Hall–Kier alpha value is -1.09. The van der Waals surface area contributed by atoms with Crippen molar-refractivity contribution >= 4 is 0 Å². The van der Waals surface area contributed by atoms with Gasteiger partial charge >= 0.3 is 0 Å². The van der Waals surface area contributed by atoms with Crippen molar-refractivity contribution in [3.63, 3.8) is 0 Å². The standard InChI is InChI=1S/C13H23N3/c1-3-4-5-6-7-8-15-13(2)11-16-10-9-14-12-16/h3,9-10,12-13,15H,1,4-8,11H2,2H3. The second-order valence-corrected chi connectivity index (χ2v) is 4.25. The molecule has 1 aromatic heterocycles. The summed E-state index contributed by atoms with van der Waals surface area (Å²) in [7, 11) is 0. The highest BCUT2D eigenvalue weighted by Gasteiger charge is 2.00. The summed E-state index contributed by atoms with van der Waals surface area (Å²) in [5.74, 6) is 0. The van der Waals surface area contributed by atoms with Crippen molar-refractivity contribution in [1.29, 1.82) is 0 Å². The molecule has 90 valence electrons. The number of nitrogens with zero attached hydrogens (tertiary/aromatic N) is 2. The lowest BCUT2D eigenvalue weighted by Gasteiger charge is -2.14. The number of rotatable bonds is 9. The van der Waals surface area contributed by atoms with E-state index in [0.717, 1.165) is 19.5 Å². The van der Waals surface area contributed by atoms with Gasteiger partial charge < -0.3 is 9.88 Å². The van der Waals surface area contributed by atoms with Gasteiger partial charge in [-0.3, -0.25) is 0 Å². The van der Waals surface area contributed by atoms with Crippen LogP contribution in [0.3, 0.4) is 0 Å². The number of allylic oxidation sites excluding steroid dienone is 1. The van der Waals surface area contributed by atoms with Crippen molar-refractivity contribution in [2.75, 3.05) is 6.54 Å². The van der Waals surface area contributed by atoms with Crippen LogP contribution in [0.1, 0.15) is 32.6 Å². The molecule has 3 heteroatoms. The van der Waals surface area contributed by atoms with E-state index in [0.29, 0.717) is 6.04 Å². The van der Waals surface area contributed by atoms with Crippen molar-refractivity contribution in [3.8, 4) is 0 Å². The summed E-state index contributed by atoms with van der Waals surface area (Å²) in [6.07, 6.45) is 12.6. The second kappa shape index (κ2) is 8.11. The van der Waals surface area contributed by atoms with Crippen molar-refractivity contribution in [3.05, 3.63) is 31.4 Å². The van der Waals surface area contributed by atoms with Gasteiger partial charge in [0.1, 0.15) is 0 Å². The summed E-state index contributed by atoms with van der Waals surface area (Å²) in [5, 5.41) is 3.52. The van der Waals surface area contributed by atoms with Crippen LogP contribution < -0.4 is 5.32 Å². The van der Waals surface area contributed by atoms with Crippen LogP contribution in [-0.2, 0) is 6.54 Å². The van der Waals surface area contributed by atoms with Gasteiger partial charge in [0.25, 0.3) is 0 Å². The van der Waals surface area contributed by atoms with Crippen molar-refractivity contribution in [2.45, 2.75) is 45.2 Å². The molecule has 0 aliphatic rings. The Labute approximate surface area is 98.6 Å². The second-order valence-electron chi connectivity index (χ2n) is 4.25. The van der Waals surface area contributed by atoms with Gasteiger partial charge in [0.05, 0.1) is 6.33 Å². The monoisotopic (exact) mass is 221 g/mol. The summed E-state index contributed by atoms with van der Waals surface area (Å²) in [4.78, 5) is 4.03. The van der Waals surface area contributed by atoms with E-state index < -0.39 is 0 Å². The Morgan fingerprint density at radius 2 is 2.31 bits per heavy atom. The van der Waals surface area contributed by atoms with Gasteiger partial charge in [0.15, 0.2) is 0 Å². The number of hydrogen-bond acceptors (Lipinski definition) is 2. The maximum atomic E-state index is 4.03. The summed E-state index contributed by atoms with van der Waals surface area (Å²) in [6, 6.07) is 0.508. The van der Waals surface area contributed by atoms with Gasteiger partial charge in [-0.05, 0) is 32.7 Å². The predicted molar refractivity (Wildman–Crippen MR) is 68.4 cm³/mol. The average Bonchev–Trinajstić information content (AvgIpc) is 2.76. The molecule has 0 aliphatic carbocycles. The average molecular weight is 221 g/mol. The largest absolute Gasteiger partial charge is 0.336 e. The highest BCUT2D eigenvalue weighted by atomic mass is 15.1. The van der Waals surface area contributed by atoms with E-state index in [2.05, 4.69) is 28.4 Å². The van der Waals surface area contributed by atoms with Gasteiger partial charge in [-0.25, -0.2) is 4.98 Å². The summed E-state index contributed by atoms with van der Waals surface area (Å²) in [6.45, 7) is 8.03. The maximum absolute atomic E-state index is 4.03. The minimum Gasteiger partial charge on any atom is -0.336 e. The Bertz CT molecular complexity index is 267. The maximum Gasteiger partial charge on any atom is 0.0946 e. The Balaban J connectivity index is 1.98. The van der Waals surface area contributed by atoms with E-state index in [1.165, 1.54) is 19.3 Å². The third kappa shape index (κ3) is 5.71. The SMILES string of the molecule is C=CCCCCCNC(C)Cn1ccnc1. The molecule has 16 heavy (non-hydrogen) atoms. The first kappa shape index (κ1) is 13.0.